The van der Waals surface area contributed by atoms with Gasteiger partial charge in [-0.2, -0.15) is 4.99 Å². The minimum atomic E-state index is -0.353. The van der Waals surface area contributed by atoms with Crippen molar-refractivity contribution < 1.29 is 18.7 Å². The van der Waals surface area contributed by atoms with Crippen molar-refractivity contribution in [3.63, 3.8) is 0 Å². The van der Waals surface area contributed by atoms with E-state index in [0.29, 0.717) is 35.9 Å². The summed E-state index contributed by atoms with van der Waals surface area (Å²) in [6.45, 7) is 7.44. The Morgan fingerprint density at radius 3 is 2.64 bits per heavy atom. The van der Waals surface area contributed by atoms with Crippen LogP contribution in [0.5, 0.6) is 5.75 Å². The Kier molecular flexibility index (Phi) is 6.59. The van der Waals surface area contributed by atoms with E-state index in [-0.39, 0.29) is 17.8 Å². The van der Waals surface area contributed by atoms with Crippen LogP contribution in [0.25, 0.3) is 10.2 Å². The first kappa shape index (κ1) is 20.2. The minimum absolute atomic E-state index is 0.0643. The van der Waals surface area contributed by atoms with Crippen molar-refractivity contribution in [2.24, 2.45) is 4.99 Å². The minimum Gasteiger partial charge on any atom is -0.491 e. The second kappa shape index (κ2) is 9.12. The molecule has 0 bridgehead atoms. The monoisotopic (exact) mass is 402 g/mol. The van der Waals surface area contributed by atoms with Crippen LogP contribution in [-0.2, 0) is 11.3 Å². The molecule has 0 radical (unpaired) electrons. The highest BCUT2D eigenvalue weighted by molar-refractivity contribution is 7.16. The Balaban J connectivity index is 1.95. The third-order valence-corrected chi connectivity index (χ3v) is 5.02. The molecule has 0 saturated heterocycles. The number of thiazole rings is 1. The summed E-state index contributed by atoms with van der Waals surface area (Å²) in [5.74, 6) is 0.0354. The van der Waals surface area contributed by atoms with Gasteiger partial charge in [-0.1, -0.05) is 11.3 Å². The Morgan fingerprint density at radius 2 is 1.96 bits per heavy atom. The van der Waals surface area contributed by atoms with Crippen LogP contribution in [0.4, 0.5) is 4.39 Å². The second-order valence-electron chi connectivity index (χ2n) is 6.45. The summed E-state index contributed by atoms with van der Waals surface area (Å²) < 4.78 is 27.3. The third-order valence-electron chi connectivity index (χ3n) is 3.98. The Morgan fingerprint density at radius 1 is 1.21 bits per heavy atom. The van der Waals surface area contributed by atoms with Crippen molar-refractivity contribution in [3.05, 3.63) is 58.6 Å². The highest BCUT2D eigenvalue weighted by Crippen LogP contribution is 2.19. The zero-order valence-electron chi connectivity index (χ0n) is 16.1. The van der Waals surface area contributed by atoms with Gasteiger partial charge in [0.2, 0.25) is 0 Å². The Hall–Kier alpha value is -2.51. The van der Waals surface area contributed by atoms with Gasteiger partial charge in [0.15, 0.2) is 4.80 Å². The molecule has 3 rings (SSSR count). The largest absolute Gasteiger partial charge is 0.491 e. The van der Waals surface area contributed by atoms with Gasteiger partial charge in [-0.05, 0) is 63.2 Å². The van der Waals surface area contributed by atoms with Crippen LogP contribution >= 0.6 is 11.3 Å². The smallest absolute Gasteiger partial charge is 0.279 e. The number of aromatic nitrogens is 1. The van der Waals surface area contributed by atoms with Crippen LogP contribution in [-0.4, -0.2) is 29.8 Å². The van der Waals surface area contributed by atoms with E-state index >= 15 is 0 Å². The lowest BCUT2D eigenvalue weighted by Crippen LogP contribution is -2.19. The zero-order valence-corrected chi connectivity index (χ0v) is 17.0. The maximum Gasteiger partial charge on any atom is 0.279 e. The SMILES string of the molecule is CCOCCn1c(=NC(=O)c2ccc(OC(C)C)cc2)sc2cc(F)ccc21. The van der Waals surface area contributed by atoms with Crippen molar-refractivity contribution in [2.45, 2.75) is 33.4 Å². The average Bonchev–Trinajstić information content (AvgIpc) is 2.98. The summed E-state index contributed by atoms with van der Waals surface area (Å²) in [6.07, 6.45) is 0.0643. The molecular weight excluding hydrogens is 379 g/mol. The molecule has 0 N–H and O–H groups in total. The number of hydrogen-bond donors (Lipinski definition) is 0. The van der Waals surface area contributed by atoms with E-state index in [1.165, 1.54) is 23.5 Å². The number of hydrogen-bond acceptors (Lipinski definition) is 4. The Labute approximate surface area is 167 Å². The van der Waals surface area contributed by atoms with Crippen LogP contribution in [0, 0.1) is 5.82 Å². The second-order valence-corrected chi connectivity index (χ2v) is 7.46. The fraction of sp³-hybridized carbons (Fsp3) is 0.333. The van der Waals surface area contributed by atoms with Gasteiger partial charge in [0.05, 0.1) is 22.9 Å². The van der Waals surface area contributed by atoms with Gasteiger partial charge < -0.3 is 14.0 Å². The number of amides is 1. The fourth-order valence-electron chi connectivity index (χ4n) is 2.75. The van der Waals surface area contributed by atoms with E-state index in [0.717, 1.165) is 10.2 Å². The predicted molar refractivity (Wildman–Crippen MR) is 108 cm³/mol. The first-order chi connectivity index (χ1) is 13.5. The van der Waals surface area contributed by atoms with Crippen molar-refractivity contribution >= 4 is 27.5 Å². The van der Waals surface area contributed by atoms with E-state index in [2.05, 4.69) is 4.99 Å². The third kappa shape index (κ3) is 4.85. The van der Waals surface area contributed by atoms with E-state index < -0.39 is 0 Å². The van der Waals surface area contributed by atoms with Crippen LogP contribution in [0.2, 0.25) is 0 Å². The number of ether oxygens (including phenoxy) is 2. The van der Waals surface area contributed by atoms with Gasteiger partial charge in [0, 0.05) is 18.7 Å². The lowest BCUT2D eigenvalue weighted by molar-refractivity contribution is 0.0996. The summed E-state index contributed by atoms with van der Waals surface area (Å²) in [7, 11) is 0. The van der Waals surface area contributed by atoms with Gasteiger partial charge in [-0.3, -0.25) is 4.79 Å². The summed E-state index contributed by atoms with van der Waals surface area (Å²) in [6, 6.07) is 11.5. The summed E-state index contributed by atoms with van der Waals surface area (Å²) >= 11 is 1.29. The number of carbonyl (C=O) groups excluding carboxylic acids is 1. The van der Waals surface area contributed by atoms with Gasteiger partial charge in [-0.15, -0.1) is 0 Å². The highest BCUT2D eigenvalue weighted by Gasteiger charge is 2.10. The van der Waals surface area contributed by atoms with Crippen LogP contribution in [0.1, 0.15) is 31.1 Å². The lowest BCUT2D eigenvalue weighted by atomic mass is 10.2. The fourth-order valence-corrected chi connectivity index (χ4v) is 3.83. The number of nitrogens with zero attached hydrogens (tertiary/aromatic N) is 2. The zero-order chi connectivity index (χ0) is 20.1. The van der Waals surface area contributed by atoms with Gasteiger partial charge >= 0.3 is 0 Å². The number of carbonyl (C=O) groups is 1. The summed E-state index contributed by atoms with van der Waals surface area (Å²) in [5.41, 5.74) is 1.30. The molecule has 0 unspecified atom stereocenters. The van der Waals surface area contributed by atoms with Crippen molar-refractivity contribution in [2.75, 3.05) is 13.2 Å². The van der Waals surface area contributed by atoms with Crippen LogP contribution in [0.15, 0.2) is 47.5 Å². The summed E-state index contributed by atoms with van der Waals surface area (Å²) in [4.78, 5) is 17.5. The molecule has 0 saturated carbocycles. The average molecular weight is 402 g/mol. The topological polar surface area (TPSA) is 52.8 Å². The summed E-state index contributed by atoms with van der Waals surface area (Å²) in [5, 5.41) is 0. The molecule has 0 aliphatic carbocycles. The maximum atomic E-state index is 13.6. The Bertz CT molecular complexity index is 1020. The van der Waals surface area contributed by atoms with Gasteiger partial charge in [0.25, 0.3) is 5.91 Å². The normalized spacial score (nSPS) is 12.1. The van der Waals surface area contributed by atoms with E-state index in [1.807, 2.05) is 25.3 Å². The van der Waals surface area contributed by atoms with Crippen LogP contribution in [0.3, 0.4) is 0 Å². The predicted octanol–water partition coefficient (Wildman–Crippen LogP) is 4.41. The number of halogens is 1. The molecule has 1 amide bonds. The molecule has 3 aromatic rings. The van der Waals surface area contributed by atoms with Crippen LogP contribution < -0.4 is 9.54 Å². The molecule has 0 aliphatic rings. The molecule has 1 aromatic heterocycles. The van der Waals surface area contributed by atoms with Crippen molar-refractivity contribution in [3.8, 4) is 5.75 Å². The standard InChI is InChI=1S/C21H23FN2O3S/c1-4-26-12-11-24-18-10-7-16(22)13-19(18)28-21(24)23-20(25)15-5-8-17(9-6-15)27-14(2)3/h5-10,13-14H,4,11-12H2,1-3H3. The molecule has 0 spiro atoms. The number of rotatable bonds is 7. The van der Waals surface area contributed by atoms with Gasteiger partial charge in [-0.25, -0.2) is 4.39 Å². The molecule has 7 heteroatoms. The van der Waals surface area contributed by atoms with Crippen molar-refractivity contribution in [1.82, 2.24) is 4.57 Å². The van der Waals surface area contributed by atoms with Gasteiger partial charge in [0.1, 0.15) is 11.6 Å². The molecule has 28 heavy (non-hydrogen) atoms. The molecule has 1 heterocycles. The van der Waals surface area contributed by atoms with E-state index in [1.54, 1.807) is 30.3 Å². The molecule has 0 aliphatic heterocycles. The maximum absolute atomic E-state index is 13.6. The number of fused-ring (bicyclic) bond motifs is 1. The molecule has 0 fully saturated rings. The molecular formula is C21H23FN2O3S. The lowest BCUT2D eigenvalue weighted by Gasteiger charge is -2.09. The molecule has 2 aromatic carbocycles. The number of benzene rings is 2. The van der Waals surface area contributed by atoms with E-state index in [9.17, 15) is 9.18 Å². The molecule has 0 atom stereocenters. The van der Waals surface area contributed by atoms with E-state index in [4.69, 9.17) is 9.47 Å². The van der Waals surface area contributed by atoms with Crippen molar-refractivity contribution in [1.29, 1.82) is 0 Å². The molecule has 148 valence electrons. The first-order valence-electron chi connectivity index (χ1n) is 9.20. The highest BCUT2D eigenvalue weighted by atomic mass is 32.1. The first-order valence-corrected chi connectivity index (χ1v) is 10.0. The quantitative estimate of drug-likeness (QED) is 0.550. The molecule has 5 nitrogen and oxygen atoms in total.